The molecule has 4 N–H and O–H groups in total. The highest BCUT2D eigenvalue weighted by atomic mass is 35.5. The van der Waals surface area contributed by atoms with E-state index < -0.39 is 0 Å². The SMILES string of the molecule is COc1cc([C@@H](N)CN)ccc1Cl.Cl. The Hall–Kier alpha value is -0.480. The number of rotatable bonds is 3. The normalized spacial score (nSPS) is 11.7. The molecular weight excluding hydrogens is 223 g/mol. The number of halogens is 2. The molecule has 1 atom stereocenters. The number of hydrogen-bond acceptors (Lipinski definition) is 3. The van der Waals surface area contributed by atoms with Gasteiger partial charge in [0.2, 0.25) is 0 Å². The van der Waals surface area contributed by atoms with Crippen LogP contribution in [0.1, 0.15) is 11.6 Å². The number of benzene rings is 1. The highest BCUT2D eigenvalue weighted by Crippen LogP contribution is 2.26. The summed E-state index contributed by atoms with van der Waals surface area (Å²) in [5.74, 6) is 0.628. The zero-order valence-electron chi connectivity index (χ0n) is 7.87. The van der Waals surface area contributed by atoms with Gasteiger partial charge in [-0.15, -0.1) is 12.4 Å². The molecule has 0 radical (unpaired) electrons. The molecule has 14 heavy (non-hydrogen) atoms. The maximum absolute atomic E-state index is 5.85. The molecule has 0 aliphatic carbocycles. The van der Waals surface area contributed by atoms with Crippen LogP contribution >= 0.6 is 24.0 Å². The predicted molar refractivity (Wildman–Crippen MR) is 61.2 cm³/mol. The third-order valence-electron chi connectivity index (χ3n) is 1.86. The Balaban J connectivity index is 0.00000169. The van der Waals surface area contributed by atoms with Crippen LogP contribution < -0.4 is 16.2 Å². The largest absolute Gasteiger partial charge is 0.495 e. The Kier molecular flexibility index (Phi) is 5.88. The first kappa shape index (κ1) is 13.5. The van der Waals surface area contributed by atoms with Crippen LogP contribution in [0.15, 0.2) is 18.2 Å². The molecule has 0 fully saturated rings. The van der Waals surface area contributed by atoms with Crippen LogP contribution in [0.4, 0.5) is 0 Å². The van der Waals surface area contributed by atoms with E-state index in [1.54, 1.807) is 19.2 Å². The highest BCUT2D eigenvalue weighted by Gasteiger charge is 2.06. The Morgan fingerprint density at radius 3 is 2.64 bits per heavy atom. The van der Waals surface area contributed by atoms with Crippen molar-refractivity contribution in [1.82, 2.24) is 0 Å². The first-order valence-corrected chi connectivity index (χ1v) is 4.36. The molecule has 0 amide bonds. The van der Waals surface area contributed by atoms with Crippen molar-refractivity contribution in [1.29, 1.82) is 0 Å². The van der Waals surface area contributed by atoms with Crippen molar-refractivity contribution < 1.29 is 4.74 Å². The Bertz CT molecular complexity index is 294. The minimum atomic E-state index is -0.161. The van der Waals surface area contributed by atoms with Gasteiger partial charge < -0.3 is 16.2 Å². The molecule has 0 aromatic heterocycles. The first-order valence-electron chi connectivity index (χ1n) is 3.98. The van der Waals surface area contributed by atoms with Gasteiger partial charge in [-0.1, -0.05) is 17.7 Å². The van der Waals surface area contributed by atoms with Crippen molar-refractivity contribution in [3.63, 3.8) is 0 Å². The van der Waals surface area contributed by atoms with Crippen molar-refractivity contribution in [2.75, 3.05) is 13.7 Å². The van der Waals surface area contributed by atoms with Gasteiger partial charge in [-0.2, -0.15) is 0 Å². The molecule has 0 spiro atoms. The van der Waals surface area contributed by atoms with Crippen LogP contribution in [-0.2, 0) is 0 Å². The molecule has 0 heterocycles. The molecule has 0 saturated heterocycles. The molecular formula is C9H14Cl2N2O. The van der Waals surface area contributed by atoms with Crippen LogP contribution in [0.5, 0.6) is 5.75 Å². The van der Waals surface area contributed by atoms with E-state index in [1.807, 2.05) is 6.07 Å². The average Bonchev–Trinajstić information content (AvgIpc) is 2.17. The Labute approximate surface area is 94.8 Å². The fourth-order valence-corrected chi connectivity index (χ4v) is 1.24. The monoisotopic (exact) mass is 236 g/mol. The molecule has 1 aromatic carbocycles. The number of ether oxygens (including phenoxy) is 1. The summed E-state index contributed by atoms with van der Waals surface area (Å²) < 4.78 is 5.05. The van der Waals surface area contributed by atoms with Gasteiger partial charge in [0, 0.05) is 12.6 Å². The summed E-state index contributed by atoms with van der Waals surface area (Å²) in [4.78, 5) is 0. The number of nitrogens with two attached hydrogens (primary N) is 2. The summed E-state index contributed by atoms with van der Waals surface area (Å²) in [7, 11) is 1.57. The van der Waals surface area contributed by atoms with E-state index in [2.05, 4.69) is 0 Å². The van der Waals surface area contributed by atoms with Crippen LogP contribution in [0.25, 0.3) is 0 Å². The van der Waals surface area contributed by atoms with E-state index in [4.69, 9.17) is 27.8 Å². The molecule has 0 aliphatic rings. The molecule has 0 bridgehead atoms. The third-order valence-corrected chi connectivity index (χ3v) is 2.17. The smallest absolute Gasteiger partial charge is 0.137 e. The van der Waals surface area contributed by atoms with Crippen molar-refractivity contribution in [3.8, 4) is 5.75 Å². The molecule has 0 saturated carbocycles. The molecule has 1 rings (SSSR count). The Morgan fingerprint density at radius 2 is 2.14 bits per heavy atom. The van der Waals surface area contributed by atoms with Crippen molar-refractivity contribution in [2.45, 2.75) is 6.04 Å². The zero-order valence-corrected chi connectivity index (χ0v) is 9.44. The fourth-order valence-electron chi connectivity index (χ4n) is 1.04. The predicted octanol–water partition coefficient (Wildman–Crippen LogP) is 1.73. The Morgan fingerprint density at radius 1 is 1.50 bits per heavy atom. The first-order chi connectivity index (χ1) is 6.19. The van der Waals surface area contributed by atoms with Gasteiger partial charge >= 0.3 is 0 Å². The second-order valence-electron chi connectivity index (χ2n) is 2.74. The van der Waals surface area contributed by atoms with E-state index in [1.165, 1.54) is 0 Å². The lowest BCUT2D eigenvalue weighted by atomic mass is 10.1. The van der Waals surface area contributed by atoms with Crippen LogP contribution in [0.2, 0.25) is 5.02 Å². The molecule has 80 valence electrons. The quantitative estimate of drug-likeness (QED) is 0.841. The molecule has 0 unspecified atom stereocenters. The molecule has 5 heteroatoms. The molecule has 3 nitrogen and oxygen atoms in total. The van der Waals surface area contributed by atoms with Crippen LogP contribution in [0, 0.1) is 0 Å². The van der Waals surface area contributed by atoms with Crippen LogP contribution in [-0.4, -0.2) is 13.7 Å². The van der Waals surface area contributed by atoms with E-state index in [0.717, 1.165) is 5.56 Å². The van der Waals surface area contributed by atoms with E-state index in [0.29, 0.717) is 17.3 Å². The lowest BCUT2D eigenvalue weighted by Crippen LogP contribution is -2.20. The fraction of sp³-hybridized carbons (Fsp3) is 0.333. The third kappa shape index (κ3) is 3.03. The lowest BCUT2D eigenvalue weighted by molar-refractivity contribution is 0.414. The summed E-state index contributed by atoms with van der Waals surface area (Å²) >= 11 is 5.85. The van der Waals surface area contributed by atoms with Gasteiger partial charge in [-0.05, 0) is 17.7 Å². The summed E-state index contributed by atoms with van der Waals surface area (Å²) in [6.45, 7) is 0.408. The second-order valence-corrected chi connectivity index (χ2v) is 3.14. The van der Waals surface area contributed by atoms with Gasteiger partial charge in [-0.3, -0.25) is 0 Å². The molecule has 0 aliphatic heterocycles. The minimum absolute atomic E-state index is 0. The van der Waals surface area contributed by atoms with E-state index in [-0.39, 0.29) is 18.4 Å². The summed E-state index contributed by atoms with van der Waals surface area (Å²) in [6, 6.07) is 5.25. The maximum Gasteiger partial charge on any atom is 0.137 e. The second kappa shape index (κ2) is 6.09. The van der Waals surface area contributed by atoms with E-state index in [9.17, 15) is 0 Å². The van der Waals surface area contributed by atoms with Crippen molar-refractivity contribution in [3.05, 3.63) is 28.8 Å². The van der Waals surface area contributed by atoms with E-state index >= 15 is 0 Å². The van der Waals surface area contributed by atoms with Gasteiger partial charge in [0.25, 0.3) is 0 Å². The van der Waals surface area contributed by atoms with Crippen LogP contribution in [0.3, 0.4) is 0 Å². The van der Waals surface area contributed by atoms with Gasteiger partial charge in [0.05, 0.1) is 12.1 Å². The minimum Gasteiger partial charge on any atom is -0.495 e. The number of methoxy groups -OCH3 is 1. The van der Waals surface area contributed by atoms with Gasteiger partial charge in [-0.25, -0.2) is 0 Å². The highest BCUT2D eigenvalue weighted by molar-refractivity contribution is 6.32. The summed E-state index contributed by atoms with van der Waals surface area (Å²) in [5.41, 5.74) is 12.1. The van der Waals surface area contributed by atoms with Gasteiger partial charge in [0.1, 0.15) is 5.75 Å². The summed E-state index contributed by atoms with van der Waals surface area (Å²) in [6.07, 6.45) is 0. The lowest BCUT2D eigenvalue weighted by Gasteiger charge is -2.11. The summed E-state index contributed by atoms with van der Waals surface area (Å²) in [5, 5.41) is 0.579. The number of hydrogen-bond donors (Lipinski definition) is 2. The van der Waals surface area contributed by atoms with Gasteiger partial charge in [0.15, 0.2) is 0 Å². The van der Waals surface area contributed by atoms with Crippen molar-refractivity contribution in [2.24, 2.45) is 11.5 Å². The van der Waals surface area contributed by atoms with Crippen molar-refractivity contribution >= 4 is 24.0 Å². The standard InChI is InChI=1S/C9H13ClN2O.ClH/c1-13-9-4-6(8(12)5-11)2-3-7(9)10;/h2-4,8H,5,11-12H2,1H3;1H/t8-;/m0./s1. The topological polar surface area (TPSA) is 61.3 Å². The average molecular weight is 237 g/mol. The maximum atomic E-state index is 5.85. The zero-order chi connectivity index (χ0) is 9.84. The molecule has 1 aromatic rings.